The summed E-state index contributed by atoms with van der Waals surface area (Å²) in [4.78, 5) is 12.2. The van der Waals surface area contributed by atoms with Gasteiger partial charge in [0.05, 0.1) is 12.9 Å². The number of carbonyl (C=O) groups excluding carboxylic acids is 1. The van der Waals surface area contributed by atoms with Crippen LogP contribution in [0.5, 0.6) is 5.75 Å². The number of nitrogens with zero attached hydrogens (tertiary/aromatic N) is 1. The summed E-state index contributed by atoms with van der Waals surface area (Å²) in [6.07, 6.45) is 3.32. The van der Waals surface area contributed by atoms with E-state index in [0.29, 0.717) is 6.54 Å². The average molecular weight is 324 g/mol. The van der Waals surface area contributed by atoms with E-state index in [-0.39, 0.29) is 18.2 Å². The molecule has 6 nitrogen and oxygen atoms in total. The lowest BCUT2D eigenvalue weighted by molar-refractivity contribution is -0.123. The molecular formula is C15H20N2O4S. The molecule has 0 saturated heterocycles. The second-order valence-electron chi connectivity index (χ2n) is 4.91. The molecule has 0 unspecified atom stereocenters. The Morgan fingerprint density at radius 2 is 2.05 bits per heavy atom. The maximum Gasteiger partial charge on any atom is 0.242 e. The maximum atomic E-state index is 12.2. The molecule has 1 heterocycles. The molecule has 0 saturated carbocycles. The molecule has 120 valence electrons. The maximum absolute atomic E-state index is 12.2. The van der Waals surface area contributed by atoms with Crippen LogP contribution in [0, 0.1) is 0 Å². The molecule has 1 N–H and O–H groups in total. The standard InChI is InChI=1S/C15H20N2O4S/c1-3-22(19,20)17-10-4-5-14(17)15(18)16-11-12-6-8-13(21-2)9-7-12/h4-9,14H,3,10-11H2,1-2H3,(H,16,18)/t14-/m1/s1. The Morgan fingerprint density at radius 3 is 2.64 bits per heavy atom. The van der Waals surface area contributed by atoms with E-state index in [2.05, 4.69) is 5.32 Å². The zero-order chi connectivity index (χ0) is 16.2. The predicted octanol–water partition coefficient (Wildman–Crippen LogP) is 0.901. The molecule has 1 aromatic carbocycles. The zero-order valence-corrected chi connectivity index (χ0v) is 13.5. The van der Waals surface area contributed by atoms with Crippen molar-refractivity contribution in [2.75, 3.05) is 19.4 Å². The second kappa shape index (κ2) is 6.93. The number of rotatable bonds is 6. The van der Waals surface area contributed by atoms with Crippen molar-refractivity contribution in [3.63, 3.8) is 0 Å². The third kappa shape index (κ3) is 3.66. The van der Waals surface area contributed by atoms with Gasteiger partial charge in [0.25, 0.3) is 0 Å². The van der Waals surface area contributed by atoms with Crippen LogP contribution in [-0.4, -0.2) is 44.1 Å². The van der Waals surface area contributed by atoms with Crippen molar-refractivity contribution in [3.05, 3.63) is 42.0 Å². The van der Waals surface area contributed by atoms with Crippen molar-refractivity contribution < 1.29 is 17.9 Å². The van der Waals surface area contributed by atoms with E-state index in [0.717, 1.165) is 11.3 Å². The van der Waals surface area contributed by atoms with Crippen molar-refractivity contribution in [2.24, 2.45) is 0 Å². The number of carbonyl (C=O) groups is 1. The fraction of sp³-hybridized carbons (Fsp3) is 0.400. The summed E-state index contributed by atoms with van der Waals surface area (Å²) in [6.45, 7) is 2.16. The molecular weight excluding hydrogens is 304 g/mol. The van der Waals surface area contributed by atoms with Crippen LogP contribution in [-0.2, 0) is 21.4 Å². The molecule has 2 rings (SSSR count). The minimum Gasteiger partial charge on any atom is -0.497 e. The lowest BCUT2D eigenvalue weighted by atomic mass is 10.2. The summed E-state index contributed by atoms with van der Waals surface area (Å²) in [5.74, 6) is 0.410. The van der Waals surface area contributed by atoms with Crippen molar-refractivity contribution in [3.8, 4) is 5.75 Å². The van der Waals surface area contributed by atoms with E-state index in [4.69, 9.17) is 4.74 Å². The summed E-state index contributed by atoms with van der Waals surface area (Å²) >= 11 is 0. The Balaban J connectivity index is 1.98. The first kappa shape index (κ1) is 16.5. The quantitative estimate of drug-likeness (QED) is 0.789. The van der Waals surface area contributed by atoms with E-state index in [1.165, 1.54) is 4.31 Å². The fourth-order valence-electron chi connectivity index (χ4n) is 2.21. The first-order chi connectivity index (χ1) is 10.5. The molecule has 0 spiro atoms. The normalized spacial score (nSPS) is 18.4. The van der Waals surface area contributed by atoms with Crippen LogP contribution < -0.4 is 10.1 Å². The van der Waals surface area contributed by atoms with Gasteiger partial charge in [-0.2, -0.15) is 4.31 Å². The van der Waals surface area contributed by atoms with Crippen LogP contribution in [0.2, 0.25) is 0 Å². The molecule has 0 aromatic heterocycles. The Labute approximate surface area is 130 Å². The van der Waals surface area contributed by atoms with Gasteiger partial charge in [0, 0.05) is 13.1 Å². The summed E-state index contributed by atoms with van der Waals surface area (Å²) < 4.78 is 30.2. The van der Waals surface area contributed by atoms with Gasteiger partial charge in [-0.15, -0.1) is 0 Å². The zero-order valence-electron chi connectivity index (χ0n) is 12.7. The topological polar surface area (TPSA) is 75.7 Å². The van der Waals surface area contributed by atoms with E-state index in [9.17, 15) is 13.2 Å². The van der Waals surface area contributed by atoms with Gasteiger partial charge >= 0.3 is 0 Å². The smallest absolute Gasteiger partial charge is 0.242 e. The van der Waals surface area contributed by atoms with E-state index >= 15 is 0 Å². The Bertz CT molecular complexity index is 653. The summed E-state index contributed by atoms with van der Waals surface area (Å²) in [5.41, 5.74) is 0.918. The third-order valence-electron chi connectivity index (χ3n) is 3.53. The SMILES string of the molecule is CCS(=O)(=O)N1CC=C[C@@H]1C(=O)NCc1ccc(OC)cc1. The first-order valence-electron chi connectivity index (χ1n) is 7.04. The van der Waals surface area contributed by atoms with Crippen LogP contribution in [0.3, 0.4) is 0 Å². The number of ether oxygens (including phenoxy) is 1. The van der Waals surface area contributed by atoms with Gasteiger partial charge in [0.1, 0.15) is 11.8 Å². The van der Waals surface area contributed by atoms with Gasteiger partial charge in [0.15, 0.2) is 0 Å². The van der Waals surface area contributed by atoms with Crippen molar-refractivity contribution in [1.82, 2.24) is 9.62 Å². The number of benzene rings is 1. The van der Waals surface area contributed by atoms with Crippen LogP contribution in [0.15, 0.2) is 36.4 Å². The highest BCUT2D eigenvalue weighted by Gasteiger charge is 2.34. The highest BCUT2D eigenvalue weighted by molar-refractivity contribution is 7.89. The van der Waals surface area contributed by atoms with Gasteiger partial charge < -0.3 is 10.1 Å². The molecule has 1 aliphatic heterocycles. The highest BCUT2D eigenvalue weighted by atomic mass is 32.2. The second-order valence-corrected chi connectivity index (χ2v) is 7.12. The minimum atomic E-state index is -3.39. The molecule has 1 amide bonds. The molecule has 0 fully saturated rings. The molecule has 0 aliphatic carbocycles. The average Bonchev–Trinajstić information content (AvgIpc) is 3.03. The number of amides is 1. The summed E-state index contributed by atoms with van der Waals surface area (Å²) in [7, 11) is -1.80. The largest absolute Gasteiger partial charge is 0.497 e. The third-order valence-corrected chi connectivity index (χ3v) is 5.35. The van der Waals surface area contributed by atoms with Crippen LogP contribution in [0.4, 0.5) is 0 Å². The molecule has 1 aromatic rings. The molecule has 7 heteroatoms. The van der Waals surface area contributed by atoms with Crippen LogP contribution in [0.1, 0.15) is 12.5 Å². The lowest BCUT2D eigenvalue weighted by Gasteiger charge is -2.22. The number of hydrogen-bond acceptors (Lipinski definition) is 4. The monoisotopic (exact) mass is 324 g/mol. The first-order valence-corrected chi connectivity index (χ1v) is 8.65. The number of nitrogens with one attached hydrogen (secondary N) is 1. The number of methoxy groups -OCH3 is 1. The Kier molecular flexibility index (Phi) is 5.20. The lowest BCUT2D eigenvalue weighted by Crippen LogP contribution is -2.46. The van der Waals surface area contributed by atoms with Crippen molar-refractivity contribution >= 4 is 15.9 Å². The fourth-order valence-corrected chi connectivity index (χ4v) is 3.37. The van der Waals surface area contributed by atoms with E-state index < -0.39 is 16.1 Å². The van der Waals surface area contributed by atoms with Crippen molar-refractivity contribution in [1.29, 1.82) is 0 Å². The minimum absolute atomic E-state index is 0.0169. The molecule has 0 radical (unpaired) electrons. The van der Waals surface area contributed by atoms with Gasteiger partial charge in [-0.1, -0.05) is 24.3 Å². The van der Waals surface area contributed by atoms with Gasteiger partial charge in [-0.3, -0.25) is 4.79 Å². The molecule has 22 heavy (non-hydrogen) atoms. The predicted molar refractivity (Wildman–Crippen MR) is 83.9 cm³/mol. The summed E-state index contributed by atoms with van der Waals surface area (Å²) in [6, 6.07) is 6.56. The van der Waals surface area contributed by atoms with Crippen molar-refractivity contribution in [2.45, 2.75) is 19.5 Å². The Morgan fingerprint density at radius 1 is 1.36 bits per heavy atom. The molecule has 0 bridgehead atoms. The molecule has 1 aliphatic rings. The van der Waals surface area contributed by atoms with E-state index in [1.54, 1.807) is 26.2 Å². The number of hydrogen-bond donors (Lipinski definition) is 1. The number of sulfonamides is 1. The molecule has 1 atom stereocenters. The highest BCUT2D eigenvalue weighted by Crippen LogP contribution is 2.16. The van der Waals surface area contributed by atoms with Gasteiger partial charge in [-0.05, 0) is 24.6 Å². The van der Waals surface area contributed by atoms with E-state index in [1.807, 2.05) is 24.3 Å². The van der Waals surface area contributed by atoms with Gasteiger partial charge in [0.2, 0.25) is 15.9 Å². The Hall–Kier alpha value is -1.86. The van der Waals surface area contributed by atoms with Gasteiger partial charge in [-0.25, -0.2) is 8.42 Å². The van der Waals surface area contributed by atoms with Crippen LogP contribution >= 0.6 is 0 Å². The summed E-state index contributed by atoms with van der Waals surface area (Å²) in [5, 5.41) is 2.77. The van der Waals surface area contributed by atoms with Crippen LogP contribution in [0.25, 0.3) is 0 Å².